The van der Waals surface area contributed by atoms with Crippen LogP contribution in [-0.4, -0.2) is 25.7 Å². The van der Waals surface area contributed by atoms with Gasteiger partial charge in [-0.1, -0.05) is 0 Å². The Balaban J connectivity index is 3.37. The van der Waals surface area contributed by atoms with E-state index >= 15 is 0 Å². The van der Waals surface area contributed by atoms with Gasteiger partial charge in [0.2, 0.25) is 0 Å². The van der Waals surface area contributed by atoms with Gasteiger partial charge in [-0.25, -0.2) is 0 Å². The minimum Gasteiger partial charge on any atom is -0.634 e. The Morgan fingerprint density at radius 1 is 1.58 bits per heavy atom. The highest BCUT2D eigenvalue weighted by Crippen LogP contribution is 1.88. The summed E-state index contributed by atoms with van der Waals surface area (Å²) in [5, 5.41) is 11.3. The quantitative estimate of drug-likeness (QED) is 0.462. The molecule has 0 saturated heterocycles. The minimum atomic E-state index is -0.244. The van der Waals surface area contributed by atoms with Crippen molar-refractivity contribution >= 4 is 5.97 Å². The lowest BCUT2D eigenvalue weighted by Gasteiger charge is -2.26. The molecule has 72 valence electrons. The van der Waals surface area contributed by atoms with Crippen molar-refractivity contribution in [2.45, 2.75) is 32.7 Å². The van der Waals surface area contributed by atoms with Crippen molar-refractivity contribution in [3.8, 4) is 0 Å². The molecule has 0 bridgehead atoms. The van der Waals surface area contributed by atoms with Gasteiger partial charge in [0, 0.05) is 6.42 Å². The van der Waals surface area contributed by atoms with Crippen molar-refractivity contribution in [2.24, 2.45) is 0 Å². The molecule has 4 nitrogen and oxygen atoms in total. The average Bonchev–Trinajstić information content (AvgIpc) is 2.03. The van der Waals surface area contributed by atoms with Gasteiger partial charge >= 0.3 is 5.97 Å². The second-order valence-electron chi connectivity index (χ2n) is 3.05. The van der Waals surface area contributed by atoms with Crippen LogP contribution in [0.15, 0.2) is 0 Å². The van der Waals surface area contributed by atoms with Gasteiger partial charge in [0.15, 0.2) is 0 Å². The van der Waals surface area contributed by atoms with Crippen LogP contribution in [-0.2, 0) is 9.53 Å². The Hall–Kier alpha value is -0.610. The molecule has 0 aromatic heterocycles. The standard InChI is InChI=1S/C8H17NO3/c1-7(2)9(11)6-4-5-8(10)12-3/h7,9H,4-6H2,1-3H3. The topological polar surface area (TPSA) is 53.8 Å². The van der Waals surface area contributed by atoms with E-state index in [2.05, 4.69) is 4.74 Å². The van der Waals surface area contributed by atoms with Crippen molar-refractivity contribution in [3.63, 3.8) is 0 Å². The van der Waals surface area contributed by atoms with Crippen molar-refractivity contribution in [1.82, 2.24) is 0 Å². The number of carbonyl (C=O) groups is 1. The number of methoxy groups -OCH3 is 1. The zero-order chi connectivity index (χ0) is 9.56. The first kappa shape index (κ1) is 11.4. The third kappa shape index (κ3) is 5.09. The fourth-order valence-electron chi connectivity index (χ4n) is 0.798. The van der Waals surface area contributed by atoms with E-state index in [1.165, 1.54) is 7.11 Å². The highest BCUT2D eigenvalue weighted by Gasteiger charge is 2.04. The molecule has 12 heavy (non-hydrogen) atoms. The van der Waals surface area contributed by atoms with Gasteiger partial charge in [0.1, 0.15) is 0 Å². The van der Waals surface area contributed by atoms with E-state index in [0.717, 1.165) is 0 Å². The van der Waals surface area contributed by atoms with E-state index < -0.39 is 0 Å². The van der Waals surface area contributed by atoms with Crippen molar-refractivity contribution in [3.05, 3.63) is 5.21 Å². The lowest BCUT2D eigenvalue weighted by Crippen LogP contribution is -3.10. The summed E-state index contributed by atoms with van der Waals surface area (Å²) < 4.78 is 4.44. The molecule has 0 radical (unpaired) electrons. The molecule has 0 fully saturated rings. The van der Waals surface area contributed by atoms with E-state index in [9.17, 15) is 10.0 Å². The number of ether oxygens (including phenoxy) is 1. The number of hydroxylamine groups is 2. The molecule has 0 saturated carbocycles. The Kier molecular flexibility index (Phi) is 5.66. The fourth-order valence-corrected chi connectivity index (χ4v) is 0.798. The normalized spacial score (nSPS) is 13.1. The number of hydrogen-bond acceptors (Lipinski definition) is 3. The van der Waals surface area contributed by atoms with Crippen LogP contribution in [0.1, 0.15) is 26.7 Å². The van der Waals surface area contributed by atoms with Crippen molar-refractivity contribution in [1.29, 1.82) is 0 Å². The zero-order valence-electron chi connectivity index (χ0n) is 7.92. The number of carbonyl (C=O) groups excluding carboxylic acids is 1. The predicted octanol–water partition coefficient (Wildman–Crippen LogP) is -0.269. The Morgan fingerprint density at radius 3 is 2.58 bits per heavy atom. The van der Waals surface area contributed by atoms with E-state index in [4.69, 9.17) is 0 Å². The number of rotatable bonds is 5. The third-order valence-corrected chi connectivity index (χ3v) is 1.68. The first-order valence-corrected chi connectivity index (χ1v) is 4.17. The minimum absolute atomic E-state index is 0.0719. The van der Waals surface area contributed by atoms with Crippen LogP contribution >= 0.6 is 0 Å². The van der Waals surface area contributed by atoms with E-state index in [-0.39, 0.29) is 17.1 Å². The molecule has 0 heterocycles. The maximum atomic E-state index is 11.1. The largest absolute Gasteiger partial charge is 0.634 e. The highest BCUT2D eigenvalue weighted by atomic mass is 16.5. The lowest BCUT2D eigenvalue weighted by molar-refractivity contribution is -0.871. The van der Waals surface area contributed by atoms with Crippen LogP contribution in [0.3, 0.4) is 0 Å². The molecule has 0 amide bonds. The van der Waals surface area contributed by atoms with Gasteiger partial charge in [-0.15, -0.1) is 0 Å². The average molecular weight is 175 g/mol. The third-order valence-electron chi connectivity index (χ3n) is 1.68. The molecule has 0 aromatic rings. The number of quaternary nitrogens is 1. The molecule has 0 aliphatic rings. The smallest absolute Gasteiger partial charge is 0.305 e. The van der Waals surface area contributed by atoms with Crippen LogP contribution in [0.25, 0.3) is 0 Å². The molecule has 1 unspecified atom stereocenters. The van der Waals surface area contributed by atoms with Crippen LogP contribution < -0.4 is 5.06 Å². The SMILES string of the molecule is COC(=O)CCC[NH+]([O-])C(C)C. The van der Waals surface area contributed by atoms with Crippen molar-refractivity contribution < 1.29 is 14.6 Å². The second kappa shape index (κ2) is 5.97. The maximum Gasteiger partial charge on any atom is 0.305 e. The molecule has 0 spiro atoms. The van der Waals surface area contributed by atoms with Crippen LogP contribution in [0, 0.1) is 5.21 Å². The second-order valence-corrected chi connectivity index (χ2v) is 3.05. The molecule has 1 N–H and O–H groups in total. The summed E-state index contributed by atoms with van der Waals surface area (Å²) >= 11 is 0. The Labute approximate surface area is 73.1 Å². The van der Waals surface area contributed by atoms with E-state index in [1.54, 1.807) is 0 Å². The molecular formula is C8H17NO3. The van der Waals surface area contributed by atoms with Gasteiger partial charge < -0.3 is 15.0 Å². The molecular weight excluding hydrogens is 158 g/mol. The highest BCUT2D eigenvalue weighted by molar-refractivity contribution is 5.68. The summed E-state index contributed by atoms with van der Waals surface area (Å²) in [7, 11) is 1.35. The first-order valence-electron chi connectivity index (χ1n) is 4.17. The first-order chi connectivity index (χ1) is 5.57. The molecule has 0 aliphatic carbocycles. The lowest BCUT2D eigenvalue weighted by atomic mass is 10.3. The summed E-state index contributed by atoms with van der Waals surface area (Å²) in [6, 6.07) is 0.0719. The van der Waals surface area contributed by atoms with Gasteiger partial charge in [-0.2, -0.15) is 0 Å². The number of esters is 1. The number of nitrogens with one attached hydrogen (secondary N) is 1. The van der Waals surface area contributed by atoms with E-state index in [0.29, 0.717) is 19.4 Å². The number of hydrogen-bond donors (Lipinski definition) is 1. The van der Waals surface area contributed by atoms with Gasteiger partial charge in [-0.3, -0.25) is 4.79 Å². The monoisotopic (exact) mass is 175 g/mol. The molecule has 0 rings (SSSR count). The summed E-state index contributed by atoms with van der Waals surface area (Å²) in [5.41, 5.74) is 0. The van der Waals surface area contributed by atoms with Crippen LogP contribution in [0.4, 0.5) is 0 Å². The molecule has 0 aliphatic heterocycles. The summed E-state index contributed by atoms with van der Waals surface area (Å²) in [6.45, 7) is 4.20. The Morgan fingerprint density at radius 2 is 2.17 bits per heavy atom. The van der Waals surface area contributed by atoms with Gasteiger partial charge in [0.05, 0.1) is 26.1 Å². The molecule has 0 aromatic carbocycles. The predicted molar refractivity (Wildman–Crippen MR) is 45.6 cm³/mol. The van der Waals surface area contributed by atoms with Gasteiger partial charge in [0.25, 0.3) is 0 Å². The molecule has 4 heteroatoms. The summed E-state index contributed by atoms with van der Waals surface area (Å²) in [4.78, 5) is 10.6. The zero-order valence-corrected chi connectivity index (χ0v) is 7.92. The summed E-state index contributed by atoms with van der Waals surface area (Å²) in [6.07, 6.45) is 0.943. The van der Waals surface area contributed by atoms with E-state index in [1.807, 2.05) is 13.8 Å². The summed E-state index contributed by atoms with van der Waals surface area (Å²) in [5.74, 6) is -0.244. The molecule has 1 atom stereocenters. The Bertz CT molecular complexity index is 136. The van der Waals surface area contributed by atoms with Crippen LogP contribution in [0.5, 0.6) is 0 Å². The van der Waals surface area contributed by atoms with Crippen molar-refractivity contribution in [2.75, 3.05) is 13.7 Å². The fraction of sp³-hybridized carbons (Fsp3) is 0.875. The van der Waals surface area contributed by atoms with Gasteiger partial charge in [-0.05, 0) is 13.8 Å². The van der Waals surface area contributed by atoms with Crippen LogP contribution in [0.2, 0.25) is 0 Å². The maximum absolute atomic E-state index is 11.1.